The summed E-state index contributed by atoms with van der Waals surface area (Å²) in [6, 6.07) is 7.73. The largest absolute Gasteiger partial charge is 0.450 e. The maximum Gasteiger partial charge on any atom is 0.434 e. The van der Waals surface area contributed by atoms with Gasteiger partial charge in [0.15, 0.2) is 11.3 Å². The van der Waals surface area contributed by atoms with Crippen molar-refractivity contribution in [3.05, 3.63) is 65.3 Å². The number of carbonyl (C=O) groups excluding carboxylic acids is 1. The molecule has 0 aliphatic heterocycles. The van der Waals surface area contributed by atoms with E-state index in [0.717, 1.165) is 12.3 Å². The van der Waals surface area contributed by atoms with Crippen molar-refractivity contribution in [3.8, 4) is 22.5 Å². The Hall–Kier alpha value is -3.73. The minimum atomic E-state index is -4.66. The third-order valence-electron chi connectivity index (χ3n) is 4.52. The Kier molecular flexibility index (Phi) is 5.90. The lowest BCUT2D eigenvalue weighted by Crippen LogP contribution is -2.13. The molecule has 1 aromatic carbocycles. The number of imidazole rings is 1. The van der Waals surface area contributed by atoms with Crippen LogP contribution in [0.15, 0.2) is 48.8 Å². The number of fused-ring (bicyclic) bond motifs is 1. The second kappa shape index (κ2) is 8.66. The molecule has 0 radical (unpaired) electrons. The molecule has 1 amide bonds. The number of hydrogen-bond donors (Lipinski definition) is 1. The monoisotopic (exact) mass is 479 g/mol. The molecule has 0 fully saturated rings. The smallest absolute Gasteiger partial charge is 0.434 e. The SMILES string of the molecule is CCOC(=O)Nc1cc(-c2cn3nc(-c4cccnc4C(F)(F)F)ccc3n2)c(F)cc1Cl. The van der Waals surface area contributed by atoms with Crippen LogP contribution in [0.25, 0.3) is 28.2 Å². The van der Waals surface area contributed by atoms with Crippen LogP contribution in [0.1, 0.15) is 12.6 Å². The second-order valence-electron chi connectivity index (χ2n) is 6.70. The molecule has 170 valence electrons. The molecule has 1 N–H and O–H groups in total. The molecule has 3 heterocycles. The van der Waals surface area contributed by atoms with Gasteiger partial charge in [-0.15, -0.1) is 0 Å². The fourth-order valence-corrected chi connectivity index (χ4v) is 3.31. The molecule has 7 nitrogen and oxygen atoms in total. The van der Waals surface area contributed by atoms with Crippen molar-refractivity contribution in [1.82, 2.24) is 19.6 Å². The van der Waals surface area contributed by atoms with Crippen LogP contribution in [0.5, 0.6) is 0 Å². The first kappa shape index (κ1) is 22.5. The van der Waals surface area contributed by atoms with E-state index in [1.54, 1.807) is 6.92 Å². The molecule has 0 bridgehead atoms. The Morgan fingerprint density at radius 1 is 1.18 bits per heavy atom. The number of anilines is 1. The summed E-state index contributed by atoms with van der Waals surface area (Å²) in [5, 5.41) is 6.54. The Labute approximate surface area is 189 Å². The quantitative estimate of drug-likeness (QED) is 0.372. The number of amides is 1. The number of rotatable bonds is 4. The standard InChI is InChI=1S/C21H14ClF4N5O2/c1-2-33-20(32)29-16-8-12(14(23)9-13(16)22)17-10-31-18(28-17)6-5-15(30-31)11-4-3-7-27-19(11)21(24,25)26/h3-10H,2H2,1H3,(H,29,32). The van der Waals surface area contributed by atoms with Gasteiger partial charge in [0, 0.05) is 17.3 Å². The number of pyridine rings is 1. The molecule has 0 aliphatic rings. The van der Waals surface area contributed by atoms with Crippen molar-refractivity contribution in [1.29, 1.82) is 0 Å². The van der Waals surface area contributed by atoms with E-state index in [0.29, 0.717) is 0 Å². The zero-order valence-electron chi connectivity index (χ0n) is 16.8. The predicted molar refractivity (Wildman–Crippen MR) is 112 cm³/mol. The molecule has 4 rings (SSSR count). The number of ether oxygens (including phenoxy) is 1. The highest BCUT2D eigenvalue weighted by Gasteiger charge is 2.35. The number of nitrogens with zero attached hydrogens (tertiary/aromatic N) is 4. The number of nitrogens with one attached hydrogen (secondary N) is 1. The van der Waals surface area contributed by atoms with Gasteiger partial charge in [-0.3, -0.25) is 10.3 Å². The maximum atomic E-state index is 14.6. The van der Waals surface area contributed by atoms with E-state index in [1.165, 1.54) is 41.0 Å². The highest BCUT2D eigenvalue weighted by atomic mass is 35.5. The average molecular weight is 480 g/mol. The van der Waals surface area contributed by atoms with Gasteiger partial charge in [-0.05, 0) is 43.3 Å². The first-order valence-electron chi connectivity index (χ1n) is 9.49. The summed E-state index contributed by atoms with van der Waals surface area (Å²) < 4.78 is 60.6. The first-order chi connectivity index (χ1) is 15.7. The normalized spacial score (nSPS) is 11.6. The zero-order chi connectivity index (χ0) is 23.8. The van der Waals surface area contributed by atoms with Gasteiger partial charge in [0.1, 0.15) is 5.82 Å². The van der Waals surface area contributed by atoms with Crippen molar-refractivity contribution < 1.29 is 27.1 Å². The van der Waals surface area contributed by atoms with Gasteiger partial charge in [-0.1, -0.05) is 11.6 Å². The number of benzene rings is 1. The lowest BCUT2D eigenvalue weighted by atomic mass is 10.1. The minimum Gasteiger partial charge on any atom is -0.450 e. The van der Waals surface area contributed by atoms with E-state index in [4.69, 9.17) is 16.3 Å². The molecule has 0 aliphatic carbocycles. The van der Waals surface area contributed by atoms with Crippen LogP contribution in [0.4, 0.5) is 28.0 Å². The number of aromatic nitrogens is 4. The number of alkyl halides is 3. The Morgan fingerprint density at radius 2 is 1.97 bits per heavy atom. The summed E-state index contributed by atoms with van der Waals surface area (Å²) in [5.41, 5.74) is -0.786. The van der Waals surface area contributed by atoms with Gasteiger partial charge in [-0.2, -0.15) is 18.3 Å². The van der Waals surface area contributed by atoms with Gasteiger partial charge in [0.25, 0.3) is 0 Å². The Balaban J connectivity index is 1.76. The van der Waals surface area contributed by atoms with Gasteiger partial charge in [0.05, 0.1) is 34.9 Å². The van der Waals surface area contributed by atoms with Crippen molar-refractivity contribution in [2.75, 3.05) is 11.9 Å². The summed E-state index contributed by atoms with van der Waals surface area (Å²) in [7, 11) is 0. The molecule has 3 aromatic heterocycles. The number of carbonyl (C=O) groups is 1. The predicted octanol–water partition coefficient (Wildman–Crippen LogP) is 5.84. The molecule has 0 spiro atoms. The minimum absolute atomic E-state index is 0.00407. The highest BCUT2D eigenvalue weighted by Crippen LogP contribution is 2.35. The topological polar surface area (TPSA) is 81.4 Å². The van der Waals surface area contributed by atoms with Crippen LogP contribution in [-0.4, -0.2) is 32.3 Å². The molecular weight excluding hydrogens is 466 g/mol. The lowest BCUT2D eigenvalue weighted by Gasteiger charge is -2.10. The van der Waals surface area contributed by atoms with Gasteiger partial charge >= 0.3 is 12.3 Å². The van der Waals surface area contributed by atoms with E-state index in [9.17, 15) is 22.4 Å². The lowest BCUT2D eigenvalue weighted by molar-refractivity contribution is -0.140. The third kappa shape index (κ3) is 4.58. The summed E-state index contributed by atoms with van der Waals surface area (Å²) in [4.78, 5) is 19.4. The van der Waals surface area contributed by atoms with Crippen LogP contribution < -0.4 is 5.32 Å². The molecule has 4 aromatic rings. The molecule has 33 heavy (non-hydrogen) atoms. The summed E-state index contributed by atoms with van der Waals surface area (Å²) >= 11 is 6.01. The first-order valence-corrected chi connectivity index (χ1v) is 9.87. The fraction of sp³-hybridized carbons (Fsp3) is 0.143. The molecule has 0 atom stereocenters. The van der Waals surface area contributed by atoms with Crippen molar-refractivity contribution in [3.63, 3.8) is 0 Å². The van der Waals surface area contributed by atoms with Crippen LogP contribution in [0, 0.1) is 5.82 Å². The van der Waals surface area contributed by atoms with Crippen LogP contribution in [0.3, 0.4) is 0 Å². The molecule has 0 saturated heterocycles. The molecular formula is C21H14ClF4N5O2. The number of halogens is 5. The van der Waals surface area contributed by atoms with E-state index in [1.807, 2.05) is 0 Å². The highest BCUT2D eigenvalue weighted by molar-refractivity contribution is 6.33. The number of hydrogen-bond acceptors (Lipinski definition) is 5. The third-order valence-corrected chi connectivity index (χ3v) is 4.83. The second-order valence-corrected chi connectivity index (χ2v) is 7.11. The summed E-state index contributed by atoms with van der Waals surface area (Å²) in [6.45, 7) is 1.75. The van der Waals surface area contributed by atoms with E-state index in [2.05, 4.69) is 20.4 Å². The van der Waals surface area contributed by atoms with Crippen molar-refractivity contribution in [2.24, 2.45) is 0 Å². The summed E-state index contributed by atoms with van der Waals surface area (Å²) in [6.07, 6.45) is -3.04. The van der Waals surface area contributed by atoms with Crippen LogP contribution in [-0.2, 0) is 10.9 Å². The maximum absolute atomic E-state index is 14.6. The van der Waals surface area contributed by atoms with Crippen LogP contribution in [0.2, 0.25) is 5.02 Å². The molecule has 12 heteroatoms. The molecule has 0 unspecified atom stereocenters. The van der Waals surface area contributed by atoms with Crippen LogP contribution >= 0.6 is 11.6 Å². The van der Waals surface area contributed by atoms with Gasteiger partial charge in [0.2, 0.25) is 0 Å². The van der Waals surface area contributed by atoms with Crippen molar-refractivity contribution in [2.45, 2.75) is 13.1 Å². The summed E-state index contributed by atoms with van der Waals surface area (Å²) in [5.74, 6) is -0.718. The zero-order valence-corrected chi connectivity index (χ0v) is 17.6. The van der Waals surface area contributed by atoms with E-state index >= 15 is 0 Å². The Bertz CT molecular complexity index is 1360. The fourth-order valence-electron chi connectivity index (χ4n) is 3.11. The Morgan fingerprint density at radius 3 is 2.70 bits per heavy atom. The van der Waals surface area contributed by atoms with Gasteiger partial charge < -0.3 is 4.74 Å². The molecule has 0 saturated carbocycles. The van der Waals surface area contributed by atoms with Crippen molar-refractivity contribution >= 4 is 29.0 Å². The van der Waals surface area contributed by atoms with E-state index in [-0.39, 0.29) is 45.5 Å². The average Bonchev–Trinajstić information content (AvgIpc) is 3.18. The van der Waals surface area contributed by atoms with Gasteiger partial charge in [-0.25, -0.2) is 18.7 Å². The van der Waals surface area contributed by atoms with E-state index < -0.39 is 23.8 Å².